The standard InChI is InChI=1S/C15H14ClNO/c1-15(11-5-3-2-4-6-11)13-9-12(16)7-8-14(13)17-10-18-15/h2-9,17H,10H2,1H3. The van der Waals surface area contributed by atoms with Crippen molar-refractivity contribution in [2.45, 2.75) is 12.5 Å². The highest BCUT2D eigenvalue weighted by atomic mass is 35.5. The zero-order valence-electron chi connectivity index (χ0n) is 10.1. The molecule has 18 heavy (non-hydrogen) atoms. The number of halogens is 1. The first kappa shape index (κ1) is 11.6. The summed E-state index contributed by atoms with van der Waals surface area (Å²) in [4.78, 5) is 0. The molecule has 0 radical (unpaired) electrons. The number of nitrogens with one attached hydrogen (secondary N) is 1. The fourth-order valence-corrected chi connectivity index (χ4v) is 2.57. The van der Waals surface area contributed by atoms with Crippen molar-refractivity contribution in [1.82, 2.24) is 0 Å². The van der Waals surface area contributed by atoms with Crippen molar-refractivity contribution in [2.75, 3.05) is 12.0 Å². The molecule has 0 fully saturated rings. The zero-order chi connectivity index (χ0) is 12.6. The van der Waals surface area contributed by atoms with Crippen LogP contribution in [0.1, 0.15) is 18.1 Å². The second-order valence-electron chi connectivity index (χ2n) is 4.55. The summed E-state index contributed by atoms with van der Waals surface area (Å²) in [6, 6.07) is 16.1. The predicted molar refractivity (Wildman–Crippen MR) is 73.9 cm³/mol. The second-order valence-corrected chi connectivity index (χ2v) is 4.99. The summed E-state index contributed by atoms with van der Waals surface area (Å²) >= 11 is 6.11. The molecule has 1 N–H and O–H groups in total. The number of rotatable bonds is 1. The number of hydrogen-bond donors (Lipinski definition) is 1. The van der Waals surface area contributed by atoms with Crippen LogP contribution in [0.4, 0.5) is 5.69 Å². The van der Waals surface area contributed by atoms with Crippen LogP contribution < -0.4 is 5.32 Å². The monoisotopic (exact) mass is 259 g/mol. The van der Waals surface area contributed by atoms with E-state index in [1.807, 2.05) is 36.4 Å². The fourth-order valence-electron chi connectivity index (χ4n) is 2.40. The normalized spacial score (nSPS) is 22.1. The first-order chi connectivity index (χ1) is 8.70. The summed E-state index contributed by atoms with van der Waals surface area (Å²) in [5, 5.41) is 3.96. The zero-order valence-corrected chi connectivity index (χ0v) is 10.9. The Balaban J connectivity index is 2.18. The highest BCUT2D eigenvalue weighted by molar-refractivity contribution is 6.30. The van der Waals surface area contributed by atoms with E-state index in [1.54, 1.807) is 0 Å². The lowest BCUT2D eigenvalue weighted by molar-refractivity contribution is 0.000205. The van der Waals surface area contributed by atoms with Gasteiger partial charge in [-0.15, -0.1) is 0 Å². The number of ether oxygens (including phenoxy) is 1. The first-order valence-electron chi connectivity index (χ1n) is 5.93. The molecule has 1 aliphatic rings. The minimum absolute atomic E-state index is 0.452. The van der Waals surface area contributed by atoms with E-state index in [0.29, 0.717) is 6.73 Å². The van der Waals surface area contributed by atoms with Crippen LogP contribution in [0.15, 0.2) is 48.5 Å². The molecular formula is C15H14ClNO. The molecule has 2 aromatic rings. The van der Waals surface area contributed by atoms with Crippen molar-refractivity contribution in [3.63, 3.8) is 0 Å². The summed E-state index contributed by atoms with van der Waals surface area (Å²) in [5.41, 5.74) is 2.84. The van der Waals surface area contributed by atoms with Gasteiger partial charge in [0.25, 0.3) is 0 Å². The molecule has 1 unspecified atom stereocenters. The van der Waals surface area contributed by atoms with Crippen molar-refractivity contribution >= 4 is 17.3 Å². The molecule has 92 valence electrons. The van der Waals surface area contributed by atoms with Crippen LogP contribution in [0, 0.1) is 0 Å². The highest BCUT2D eigenvalue weighted by Gasteiger charge is 2.35. The molecule has 2 aromatic carbocycles. The maximum atomic E-state index is 6.11. The van der Waals surface area contributed by atoms with Crippen LogP contribution in [0.5, 0.6) is 0 Å². The maximum absolute atomic E-state index is 6.11. The topological polar surface area (TPSA) is 21.3 Å². The van der Waals surface area contributed by atoms with Gasteiger partial charge >= 0.3 is 0 Å². The molecule has 0 aromatic heterocycles. The lowest BCUT2D eigenvalue weighted by Gasteiger charge is -2.37. The number of benzene rings is 2. The molecule has 0 amide bonds. The Morgan fingerprint density at radius 1 is 1.17 bits per heavy atom. The van der Waals surface area contributed by atoms with Crippen molar-refractivity contribution in [3.05, 3.63) is 64.7 Å². The van der Waals surface area contributed by atoms with E-state index < -0.39 is 5.60 Å². The van der Waals surface area contributed by atoms with Gasteiger partial charge < -0.3 is 10.1 Å². The van der Waals surface area contributed by atoms with Gasteiger partial charge in [-0.05, 0) is 30.7 Å². The smallest absolute Gasteiger partial charge is 0.120 e. The van der Waals surface area contributed by atoms with Gasteiger partial charge in [0.15, 0.2) is 0 Å². The Morgan fingerprint density at radius 3 is 2.72 bits per heavy atom. The lowest BCUT2D eigenvalue weighted by atomic mass is 9.86. The van der Waals surface area contributed by atoms with Crippen molar-refractivity contribution in [3.8, 4) is 0 Å². The molecule has 0 bridgehead atoms. The van der Waals surface area contributed by atoms with E-state index in [4.69, 9.17) is 16.3 Å². The van der Waals surface area contributed by atoms with E-state index in [-0.39, 0.29) is 0 Å². The SMILES string of the molecule is CC1(c2ccccc2)OCNc2ccc(Cl)cc21. The van der Waals surface area contributed by atoms with Crippen molar-refractivity contribution in [1.29, 1.82) is 0 Å². The van der Waals surface area contributed by atoms with Gasteiger partial charge in [0.2, 0.25) is 0 Å². The molecule has 0 saturated heterocycles. The van der Waals surface area contributed by atoms with Gasteiger partial charge in [-0.1, -0.05) is 41.9 Å². The average Bonchev–Trinajstić information content (AvgIpc) is 2.41. The Labute approximate surface area is 112 Å². The van der Waals surface area contributed by atoms with Gasteiger partial charge in [-0.25, -0.2) is 0 Å². The van der Waals surface area contributed by atoms with Crippen LogP contribution in [0.2, 0.25) is 5.02 Å². The van der Waals surface area contributed by atoms with Gasteiger partial charge in [-0.3, -0.25) is 0 Å². The summed E-state index contributed by atoms with van der Waals surface area (Å²) in [5.74, 6) is 0. The van der Waals surface area contributed by atoms with Crippen LogP contribution in [0.3, 0.4) is 0 Å². The summed E-state index contributed by atoms with van der Waals surface area (Å²) in [6.07, 6.45) is 0. The second kappa shape index (κ2) is 4.30. The van der Waals surface area contributed by atoms with Gasteiger partial charge in [-0.2, -0.15) is 0 Å². The molecule has 0 spiro atoms. The largest absolute Gasteiger partial charge is 0.362 e. The van der Waals surface area contributed by atoms with Crippen LogP contribution in [-0.2, 0) is 10.3 Å². The van der Waals surface area contributed by atoms with E-state index in [9.17, 15) is 0 Å². The molecule has 1 heterocycles. The van der Waals surface area contributed by atoms with E-state index >= 15 is 0 Å². The van der Waals surface area contributed by atoms with E-state index in [2.05, 4.69) is 24.4 Å². The molecular weight excluding hydrogens is 246 g/mol. The van der Waals surface area contributed by atoms with Crippen LogP contribution in [0.25, 0.3) is 0 Å². The molecule has 0 aliphatic carbocycles. The number of anilines is 1. The first-order valence-corrected chi connectivity index (χ1v) is 6.31. The van der Waals surface area contributed by atoms with Gasteiger partial charge in [0, 0.05) is 16.3 Å². The third kappa shape index (κ3) is 1.78. The number of fused-ring (bicyclic) bond motifs is 1. The molecule has 3 heteroatoms. The van der Waals surface area contributed by atoms with Crippen LogP contribution >= 0.6 is 11.6 Å². The molecule has 2 nitrogen and oxygen atoms in total. The van der Waals surface area contributed by atoms with Crippen molar-refractivity contribution in [2.24, 2.45) is 0 Å². The Hall–Kier alpha value is -1.51. The van der Waals surface area contributed by atoms with E-state index in [0.717, 1.165) is 21.8 Å². The average molecular weight is 260 g/mol. The molecule has 3 rings (SSSR count). The Kier molecular flexibility index (Phi) is 2.77. The summed E-state index contributed by atoms with van der Waals surface area (Å²) in [6.45, 7) is 2.58. The quantitative estimate of drug-likeness (QED) is 0.836. The van der Waals surface area contributed by atoms with Crippen LogP contribution in [-0.4, -0.2) is 6.73 Å². The fraction of sp³-hybridized carbons (Fsp3) is 0.200. The summed E-state index contributed by atoms with van der Waals surface area (Å²) < 4.78 is 5.96. The molecule has 1 aliphatic heterocycles. The molecule has 0 saturated carbocycles. The van der Waals surface area contributed by atoms with E-state index in [1.165, 1.54) is 0 Å². The minimum Gasteiger partial charge on any atom is -0.362 e. The third-order valence-corrected chi connectivity index (χ3v) is 3.68. The maximum Gasteiger partial charge on any atom is 0.120 e. The lowest BCUT2D eigenvalue weighted by Crippen LogP contribution is -2.35. The van der Waals surface area contributed by atoms with Crippen molar-refractivity contribution < 1.29 is 4.74 Å². The number of hydrogen-bond acceptors (Lipinski definition) is 2. The minimum atomic E-state index is -0.452. The Morgan fingerprint density at radius 2 is 1.94 bits per heavy atom. The predicted octanol–water partition coefficient (Wildman–Crippen LogP) is 4.00. The summed E-state index contributed by atoms with van der Waals surface area (Å²) in [7, 11) is 0. The highest BCUT2D eigenvalue weighted by Crippen LogP contribution is 2.41. The Bertz CT molecular complexity index is 570. The van der Waals surface area contributed by atoms with Gasteiger partial charge in [0.05, 0.1) is 0 Å². The van der Waals surface area contributed by atoms with Gasteiger partial charge in [0.1, 0.15) is 12.3 Å². The molecule has 1 atom stereocenters. The third-order valence-electron chi connectivity index (χ3n) is 3.44.